The molecule has 0 spiro atoms. The van der Waals surface area contributed by atoms with Gasteiger partial charge in [-0.05, 0) is 35.9 Å². The predicted molar refractivity (Wildman–Crippen MR) is 127 cm³/mol. The largest absolute Gasteiger partial charge is 0.493 e. The van der Waals surface area contributed by atoms with Crippen molar-refractivity contribution in [2.45, 2.75) is 6.61 Å². The number of methoxy groups -OCH3 is 1. The van der Waals surface area contributed by atoms with Crippen molar-refractivity contribution in [1.29, 1.82) is 0 Å². The zero-order valence-electron chi connectivity index (χ0n) is 18.0. The van der Waals surface area contributed by atoms with Gasteiger partial charge in [0.2, 0.25) is 5.90 Å². The van der Waals surface area contributed by atoms with Gasteiger partial charge in [-0.3, -0.25) is 10.1 Å². The molecule has 0 saturated heterocycles. The number of hydrogen-bond donors (Lipinski definition) is 0. The Balaban J connectivity index is 1.61. The lowest BCUT2D eigenvalue weighted by Gasteiger charge is -2.13. The maximum atomic E-state index is 13.9. The van der Waals surface area contributed by atoms with Crippen LogP contribution in [0.4, 0.5) is 10.1 Å². The predicted octanol–water partition coefficient (Wildman–Crippen LogP) is 5.97. The Morgan fingerprint density at radius 3 is 2.60 bits per heavy atom. The molecular weight excluding hydrogens is 502 g/mol. The molecule has 0 saturated carbocycles. The van der Waals surface area contributed by atoms with Crippen molar-refractivity contribution >= 4 is 46.8 Å². The number of esters is 1. The Bertz CT molecular complexity index is 1410. The molecule has 0 N–H and O–H groups in total. The maximum absolute atomic E-state index is 13.9. The highest BCUT2D eigenvalue weighted by molar-refractivity contribution is 6.35. The van der Waals surface area contributed by atoms with E-state index in [0.29, 0.717) is 11.1 Å². The number of nitro benzene ring substituents is 1. The first-order valence-corrected chi connectivity index (χ1v) is 10.7. The smallest absolute Gasteiger partial charge is 0.363 e. The molecule has 0 fully saturated rings. The van der Waals surface area contributed by atoms with Gasteiger partial charge >= 0.3 is 5.97 Å². The number of nitro groups is 1. The van der Waals surface area contributed by atoms with Gasteiger partial charge in [0.05, 0.1) is 27.6 Å². The van der Waals surface area contributed by atoms with Crippen LogP contribution in [0, 0.1) is 15.9 Å². The number of benzene rings is 3. The van der Waals surface area contributed by atoms with E-state index < -0.39 is 16.7 Å². The topological polar surface area (TPSA) is 100 Å². The molecule has 4 rings (SSSR count). The Morgan fingerprint density at radius 2 is 1.91 bits per heavy atom. The van der Waals surface area contributed by atoms with Gasteiger partial charge in [0, 0.05) is 17.7 Å². The van der Waals surface area contributed by atoms with Crippen LogP contribution in [0.1, 0.15) is 16.7 Å². The molecule has 1 heterocycles. The van der Waals surface area contributed by atoms with E-state index in [1.165, 1.54) is 37.5 Å². The van der Waals surface area contributed by atoms with Crippen LogP contribution in [-0.4, -0.2) is 23.9 Å². The first kappa shape index (κ1) is 24.2. The van der Waals surface area contributed by atoms with Crippen molar-refractivity contribution in [1.82, 2.24) is 0 Å². The second-order valence-corrected chi connectivity index (χ2v) is 7.99. The van der Waals surface area contributed by atoms with Gasteiger partial charge < -0.3 is 14.2 Å². The summed E-state index contributed by atoms with van der Waals surface area (Å²) in [6, 6.07) is 13.0. The van der Waals surface area contributed by atoms with Crippen LogP contribution in [0.2, 0.25) is 10.0 Å². The van der Waals surface area contributed by atoms with Gasteiger partial charge in [-0.2, -0.15) is 0 Å². The Hall–Kier alpha value is -3.95. The lowest BCUT2D eigenvalue weighted by atomic mass is 10.1. The van der Waals surface area contributed by atoms with Gasteiger partial charge in [0.25, 0.3) is 5.69 Å². The maximum Gasteiger partial charge on any atom is 0.363 e. The van der Waals surface area contributed by atoms with Crippen LogP contribution >= 0.6 is 23.2 Å². The third kappa shape index (κ3) is 5.26. The minimum absolute atomic E-state index is 0.00747. The molecule has 8 nitrogen and oxygen atoms in total. The molecule has 0 radical (unpaired) electrons. The van der Waals surface area contributed by atoms with Crippen molar-refractivity contribution < 1.29 is 28.3 Å². The third-order valence-electron chi connectivity index (χ3n) is 4.90. The van der Waals surface area contributed by atoms with E-state index in [1.807, 2.05) is 0 Å². The molecule has 178 valence electrons. The van der Waals surface area contributed by atoms with Crippen LogP contribution in [-0.2, 0) is 16.1 Å². The molecule has 0 atom stereocenters. The van der Waals surface area contributed by atoms with E-state index in [9.17, 15) is 19.3 Å². The van der Waals surface area contributed by atoms with Crippen molar-refractivity contribution in [3.63, 3.8) is 0 Å². The molecule has 0 aromatic heterocycles. The van der Waals surface area contributed by atoms with Gasteiger partial charge in [-0.1, -0.05) is 41.4 Å². The van der Waals surface area contributed by atoms with Crippen LogP contribution in [0.25, 0.3) is 6.08 Å². The monoisotopic (exact) mass is 516 g/mol. The summed E-state index contributed by atoms with van der Waals surface area (Å²) in [7, 11) is 1.41. The number of non-ortho nitro benzene ring substituents is 1. The number of nitrogens with zero attached hydrogens (tertiary/aromatic N) is 2. The quantitative estimate of drug-likeness (QED) is 0.166. The molecule has 0 bridgehead atoms. The summed E-state index contributed by atoms with van der Waals surface area (Å²) in [5.74, 6) is -0.788. The summed E-state index contributed by atoms with van der Waals surface area (Å²) in [4.78, 5) is 26.8. The second kappa shape index (κ2) is 10.1. The number of hydrogen-bond acceptors (Lipinski definition) is 7. The molecule has 0 unspecified atom stereocenters. The summed E-state index contributed by atoms with van der Waals surface area (Å²) in [6.45, 7) is -0.0703. The average Bonchev–Trinajstić information content (AvgIpc) is 3.18. The third-order valence-corrected chi connectivity index (χ3v) is 5.49. The molecule has 3 aromatic rings. The lowest BCUT2D eigenvalue weighted by molar-refractivity contribution is -0.384. The number of rotatable bonds is 7. The minimum Gasteiger partial charge on any atom is -0.493 e. The summed E-state index contributed by atoms with van der Waals surface area (Å²) in [6.07, 6.45) is 1.42. The molecule has 0 aliphatic carbocycles. The average molecular weight is 517 g/mol. The molecule has 0 amide bonds. The number of carbonyl (C=O) groups is 1. The molecule has 11 heteroatoms. The minimum atomic E-state index is -0.746. The number of carbonyl (C=O) groups excluding carboxylic acids is 1. The van der Waals surface area contributed by atoms with E-state index in [0.717, 1.165) is 6.07 Å². The first-order chi connectivity index (χ1) is 16.8. The zero-order chi connectivity index (χ0) is 25.1. The van der Waals surface area contributed by atoms with Crippen molar-refractivity contribution in [2.24, 2.45) is 4.99 Å². The SMILES string of the molecule is COc1cc(/C=C2\N=C(c3ccc([N+](=O)[O-])cc3Cl)OC2=O)cc(Cl)c1OCc1ccccc1F. The molecule has 3 aromatic carbocycles. The van der Waals surface area contributed by atoms with E-state index in [2.05, 4.69) is 4.99 Å². The van der Waals surface area contributed by atoms with Crippen LogP contribution in [0.3, 0.4) is 0 Å². The summed E-state index contributed by atoms with van der Waals surface area (Å²) in [5, 5.41) is 11.1. The molecule has 35 heavy (non-hydrogen) atoms. The number of cyclic esters (lactones) is 1. The van der Waals surface area contributed by atoms with Crippen molar-refractivity contribution in [3.8, 4) is 11.5 Å². The molecule has 1 aliphatic heterocycles. The van der Waals surface area contributed by atoms with Gasteiger partial charge in [0.15, 0.2) is 17.2 Å². The Morgan fingerprint density at radius 1 is 1.14 bits per heavy atom. The standard InChI is InChI=1S/C24H15Cl2FN2O6/c1-33-21-10-13(8-18(26)22(21)34-12-14-4-2-3-5-19(14)27)9-20-24(30)35-23(28-20)16-7-6-15(29(31)32)11-17(16)25/h2-11H,12H2,1H3/b20-9-. The lowest BCUT2D eigenvalue weighted by Crippen LogP contribution is -2.06. The summed E-state index contributed by atoms with van der Waals surface area (Å²) in [5.41, 5.74) is 0.765. The number of halogens is 3. The van der Waals surface area contributed by atoms with E-state index >= 15 is 0 Å². The molecule has 1 aliphatic rings. The van der Waals surface area contributed by atoms with Crippen molar-refractivity contribution in [2.75, 3.05) is 7.11 Å². The van der Waals surface area contributed by atoms with Crippen LogP contribution in [0.5, 0.6) is 11.5 Å². The van der Waals surface area contributed by atoms with Crippen LogP contribution < -0.4 is 9.47 Å². The zero-order valence-corrected chi connectivity index (χ0v) is 19.5. The fourth-order valence-corrected chi connectivity index (χ4v) is 3.73. The summed E-state index contributed by atoms with van der Waals surface area (Å²) < 4.78 is 30.1. The fraction of sp³-hybridized carbons (Fsp3) is 0.0833. The van der Waals surface area contributed by atoms with Gasteiger partial charge in [-0.25, -0.2) is 14.2 Å². The van der Waals surface area contributed by atoms with Crippen molar-refractivity contribution in [3.05, 3.63) is 103 Å². The normalized spacial score (nSPS) is 14.0. The highest BCUT2D eigenvalue weighted by Gasteiger charge is 2.27. The second-order valence-electron chi connectivity index (χ2n) is 7.17. The van der Waals surface area contributed by atoms with Gasteiger partial charge in [-0.15, -0.1) is 0 Å². The summed E-state index contributed by atoms with van der Waals surface area (Å²) >= 11 is 12.5. The first-order valence-electron chi connectivity index (χ1n) is 9.97. The Kier molecular flexibility index (Phi) is 6.99. The van der Waals surface area contributed by atoms with E-state index in [4.69, 9.17) is 37.4 Å². The highest BCUT2D eigenvalue weighted by Crippen LogP contribution is 2.38. The van der Waals surface area contributed by atoms with E-state index in [-0.39, 0.29) is 51.0 Å². The van der Waals surface area contributed by atoms with E-state index in [1.54, 1.807) is 24.3 Å². The number of aliphatic imine (C=N–C) groups is 1. The van der Waals surface area contributed by atoms with Crippen LogP contribution in [0.15, 0.2) is 65.3 Å². The molecular formula is C24H15Cl2FN2O6. The van der Waals surface area contributed by atoms with Gasteiger partial charge in [0.1, 0.15) is 12.4 Å². The highest BCUT2D eigenvalue weighted by atomic mass is 35.5. The number of ether oxygens (including phenoxy) is 3. The fourth-order valence-electron chi connectivity index (χ4n) is 3.20. The Labute approximate surface area is 208 Å².